The third-order valence-corrected chi connectivity index (χ3v) is 2.21. The van der Waals surface area contributed by atoms with E-state index >= 15 is 0 Å². The minimum atomic E-state index is -1.33. The molecule has 3 N–H and O–H groups in total. The molecule has 0 aromatic heterocycles. The summed E-state index contributed by atoms with van der Waals surface area (Å²) >= 11 is 0. The molecule has 10 heteroatoms. The maximum atomic E-state index is 11.0. The zero-order valence-electron chi connectivity index (χ0n) is 11.5. The van der Waals surface area contributed by atoms with Gasteiger partial charge in [0.25, 0.3) is 0 Å². The molecule has 0 aliphatic carbocycles. The molecule has 0 saturated heterocycles. The second kappa shape index (κ2) is 8.22. The minimum absolute atomic E-state index is 0.118. The van der Waals surface area contributed by atoms with E-state index in [1.54, 1.807) is 0 Å². The minimum Gasteiger partial charge on any atom is -0.482 e. The van der Waals surface area contributed by atoms with E-state index in [1.165, 1.54) is 6.29 Å². The van der Waals surface area contributed by atoms with Crippen LogP contribution in [0.25, 0.3) is 0 Å². The first kappa shape index (κ1) is 17.8. The number of rotatable bonds is 10. The molecule has 0 amide bonds. The van der Waals surface area contributed by atoms with E-state index < -0.39 is 37.7 Å². The molecule has 0 aliphatic heterocycles. The van der Waals surface area contributed by atoms with Crippen LogP contribution >= 0.6 is 0 Å². The smallest absolute Gasteiger partial charge is 0.341 e. The topological polar surface area (TPSA) is 157 Å². The van der Waals surface area contributed by atoms with E-state index in [0.717, 1.165) is 12.1 Å². The van der Waals surface area contributed by atoms with Gasteiger partial charge in [0.1, 0.15) is 22.8 Å². The van der Waals surface area contributed by atoms with Crippen molar-refractivity contribution in [1.82, 2.24) is 0 Å². The summed E-state index contributed by atoms with van der Waals surface area (Å²) < 4.78 is 14.6. The van der Waals surface area contributed by atoms with Gasteiger partial charge in [0, 0.05) is 12.1 Å². The zero-order valence-corrected chi connectivity index (χ0v) is 11.5. The summed E-state index contributed by atoms with van der Waals surface area (Å²) in [6.45, 7) is -2.31. The summed E-state index contributed by atoms with van der Waals surface area (Å²) in [6, 6.07) is 2.14. The maximum Gasteiger partial charge on any atom is 0.341 e. The van der Waals surface area contributed by atoms with E-state index in [2.05, 4.69) is 0 Å². The standard InChI is InChI=1S/C13H11O10/c14-3-8-9(22-5-12(17)18)1-7(21-4-11(15)16)2-10(8)23-6-13(19)20/h1-2H,4-6H2,(H,15,16)(H,17,18)(H,19,20). The highest BCUT2D eigenvalue weighted by atomic mass is 16.5. The van der Waals surface area contributed by atoms with Crippen molar-refractivity contribution in [3.8, 4) is 17.2 Å². The Balaban J connectivity index is 3.16. The van der Waals surface area contributed by atoms with Crippen molar-refractivity contribution in [3.63, 3.8) is 0 Å². The number of hydrogen-bond donors (Lipinski definition) is 3. The average Bonchev–Trinajstić information content (AvgIpc) is 2.48. The highest BCUT2D eigenvalue weighted by Gasteiger charge is 2.17. The van der Waals surface area contributed by atoms with E-state index in [1.807, 2.05) is 0 Å². The van der Waals surface area contributed by atoms with Crippen LogP contribution in [0.1, 0.15) is 5.56 Å². The SMILES string of the molecule is O=[C]c1c(OCC(=O)O)cc(OCC(=O)O)cc1OCC(=O)O. The van der Waals surface area contributed by atoms with Gasteiger partial charge in [-0.05, 0) is 0 Å². The van der Waals surface area contributed by atoms with Crippen LogP contribution in [0.2, 0.25) is 0 Å². The van der Waals surface area contributed by atoms with Crippen molar-refractivity contribution in [1.29, 1.82) is 0 Å². The molecule has 0 bridgehead atoms. The Morgan fingerprint density at radius 1 is 0.826 bits per heavy atom. The second-order valence-electron chi connectivity index (χ2n) is 3.94. The van der Waals surface area contributed by atoms with E-state index in [9.17, 15) is 19.2 Å². The van der Waals surface area contributed by atoms with Crippen molar-refractivity contribution in [2.24, 2.45) is 0 Å². The van der Waals surface area contributed by atoms with Gasteiger partial charge in [-0.2, -0.15) is 0 Å². The van der Waals surface area contributed by atoms with Gasteiger partial charge in [-0.1, -0.05) is 0 Å². The van der Waals surface area contributed by atoms with E-state index in [-0.39, 0.29) is 22.8 Å². The van der Waals surface area contributed by atoms with Crippen LogP contribution in [0, 0.1) is 0 Å². The Morgan fingerprint density at radius 3 is 1.57 bits per heavy atom. The molecule has 23 heavy (non-hydrogen) atoms. The summed E-state index contributed by atoms with van der Waals surface area (Å²) in [6.07, 6.45) is 1.45. The summed E-state index contributed by atoms with van der Waals surface area (Å²) in [5.41, 5.74) is -0.352. The van der Waals surface area contributed by atoms with Crippen molar-refractivity contribution >= 4 is 24.2 Å². The summed E-state index contributed by atoms with van der Waals surface area (Å²) in [4.78, 5) is 42.6. The van der Waals surface area contributed by atoms with Gasteiger partial charge in [-0.3, -0.25) is 4.79 Å². The lowest BCUT2D eigenvalue weighted by Crippen LogP contribution is -2.14. The summed E-state index contributed by atoms with van der Waals surface area (Å²) in [5.74, 6) is -4.65. The third-order valence-electron chi connectivity index (χ3n) is 2.21. The fraction of sp³-hybridized carbons (Fsp3) is 0.231. The molecule has 1 aromatic rings. The first-order valence-electron chi connectivity index (χ1n) is 5.93. The number of carbonyl (C=O) groups excluding carboxylic acids is 1. The van der Waals surface area contributed by atoms with Crippen LogP contribution < -0.4 is 14.2 Å². The fourth-order valence-corrected chi connectivity index (χ4v) is 1.40. The van der Waals surface area contributed by atoms with Crippen LogP contribution in [-0.4, -0.2) is 59.3 Å². The van der Waals surface area contributed by atoms with E-state index in [0.29, 0.717) is 0 Å². The van der Waals surface area contributed by atoms with Gasteiger partial charge in [0.05, 0.1) is 0 Å². The molecule has 0 unspecified atom stereocenters. The predicted octanol–water partition coefficient (Wildman–Crippen LogP) is -0.465. The Labute approximate surface area is 128 Å². The van der Waals surface area contributed by atoms with Crippen LogP contribution in [0.5, 0.6) is 17.2 Å². The van der Waals surface area contributed by atoms with Crippen molar-refractivity contribution < 1.29 is 48.7 Å². The molecular weight excluding hydrogens is 316 g/mol. The zero-order chi connectivity index (χ0) is 17.4. The van der Waals surface area contributed by atoms with Crippen molar-refractivity contribution in [2.45, 2.75) is 0 Å². The van der Waals surface area contributed by atoms with Gasteiger partial charge in [-0.15, -0.1) is 0 Å². The largest absolute Gasteiger partial charge is 0.482 e. The van der Waals surface area contributed by atoms with Crippen LogP contribution in [0.3, 0.4) is 0 Å². The molecule has 123 valence electrons. The van der Waals surface area contributed by atoms with Crippen LogP contribution in [0.15, 0.2) is 12.1 Å². The molecule has 1 aromatic carbocycles. The molecule has 0 heterocycles. The van der Waals surface area contributed by atoms with E-state index in [4.69, 9.17) is 29.5 Å². The lowest BCUT2D eigenvalue weighted by molar-refractivity contribution is -0.140. The number of benzene rings is 1. The van der Waals surface area contributed by atoms with Crippen LogP contribution in [-0.2, 0) is 19.2 Å². The predicted molar refractivity (Wildman–Crippen MR) is 70.6 cm³/mol. The van der Waals surface area contributed by atoms with Gasteiger partial charge in [-0.25, -0.2) is 14.4 Å². The Kier molecular flexibility index (Phi) is 6.34. The summed E-state index contributed by atoms with van der Waals surface area (Å²) in [5, 5.41) is 25.7. The molecule has 0 fully saturated rings. The Morgan fingerprint density at radius 2 is 1.22 bits per heavy atom. The lowest BCUT2D eigenvalue weighted by Gasteiger charge is -2.13. The Bertz CT molecular complexity index is 582. The highest BCUT2D eigenvalue weighted by molar-refractivity contribution is 5.85. The molecule has 0 atom stereocenters. The monoisotopic (exact) mass is 327 g/mol. The molecule has 1 radical (unpaired) electrons. The molecule has 0 aliphatic rings. The number of aliphatic carboxylic acids is 3. The van der Waals surface area contributed by atoms with Gasteiger partial charge in [0.15, 0.2) is 19.8 Å². The second-order valence-corrected chi connectivity index (χ2v) is 3.94. The number of carbonyl (C=O) groups is 3. The number of hydrogen-bond acceptors (Lipinski definition) is 7. The third kappa shape index (κ3) is 5.91. The normalized spacial score (nSPS) is 9.74. The average molecular weight is 327 g/mol. The fourth-order valence-electron chi connectivity index (χ4n) is 1.40. The molecular formula is C13H11O10. The van der Waals surface area contributed by atoms with Crippen molar-refractivity contribution in [2.75, 3.05) is 19.8 Å². The molecule has 10 nitrogen and oxygen atoms in total. The highest BCUT2D eigenvalue weighted by Crippen LogP contribution is 2.33. The number of carboxylic acid groups (broad SMARTS) is 3. The quantitative estimate of drug-likeness (QED) is 0.513. The number of ether oxygens (including phenoxy) is 3. The first-order chi connectivity index (χ1) is 10.8. The summed E-state index contributed by atoms with van der Waals surface area (Å²) in [7, 11) is 0. The molecule has 0 saturated carbocycles. The molecule has 1 rings (SSSR count). The first-order valence-corrected chi connectivity index (χ1v) is 5.93. The molecule has 0 spiro atoms. The van der Waals surface area contributed by atoms with Gasteiger partial charge >= 0.3 is 17.9 Å². The van der Waals surface area contributed by atoms with Crippen molar-refractivity contribution in [3.05, 3.63) is 17.7 Å². The maximum absolute atomic E-state index is 11.0. The van der Waals surface area contributed by atoms with Gasteiger partial charge < -0.3 is 29.5 Å². The Hall–Kier alpha value is -3.30. The lowest BCUT2D eigenvalue weighted by atomic mass is 10.2. The van der Waals surface area contributed by atoms with Crippen LogP contribution in [0.4, 0.5) is 0 Å². The van der Waals surface area contributed by atoms with Gasteiger partial charge in [0.2, 0.25) is 6.29 Å². The number of carboxylic acids is 3.